The molecule has 0 aromatic carbocycles. The SMILES string of the molecule is C[C@H](NC(=O)[C@H](C)NC(=O)[C@H]1NCC[C@@H]1CCN=C(N)NC1CC1)C(=O)O. The molecule has 1 aliphatic carbocycles. The summed E-state index contributed by atoms with van der Waals surface area (Å²) >= 11 is 0. The molecule has 2 aliphatic rings. The minimum atomic E-state index is -1.13. The zero-order valence-corrected chi connectivity index (χ0v) is 15.8. The van der Waals surface area contributed by atoms with Crippen molar-refractivity contribution in [3.05, 3.63) is 0 Å². The predicted molar refractivity (Wildman–Crippen MR) is 100 cm³/mol. The van der Waals surface area contributed by atoms with E-state index in [1.807, 2.05) is 0 Å². The van der Waals surface area contributed by atoms with Gasteiger partial charge in [0, 0.05) is 12.6 Å². The van der Waals surface area contributed by atoms with Crippen LogP contribution in [0.25, 0.3) is 0 Å². The Balaban J connectivity index is 1.77. The lowest BCUT2D eigenvalue weighted by Crippen LogP contribution is -2.53. The van der Waals surface area contributed by atoms with Gasteiger partial charge in [-0.3, -0.25) is 19.4 Å². The highest BCUT2D eigenvalue weighted by Gasteiger charge is 2.33. The number of aliphatic carboxylic acids is 1. The Morgan fingerprint density at radius 1 is 1.19 bits per heavy atom. The number of carbonyl (C=O) groups is 3. The molecule has 0 aromatic heterocycles. The van der Waals surface area contributed by atoms with Crippen LogP contribution in [0.2, 0.25) is 0 Å². The maximum absolute atomic E-state index is 12.5. The molecule has 0 bridgehead atoms. The van der Waals surface area contributed by atoms with Crippen molar-refractivity contribution in [2.45, 2.75) is 63.7 Å². The van der Waals surface area contributed by atoms with Crippen LogP contribution < -0.4 is 27.0 Å². The summed E-state index contributed by atoms with van der Waals surface area (Å²) in [5, 5.41) is 20.1. The monoisotopic (exact) mass is 382 g/mol. The number of hydrogen-bond acceptors (Lipinski definition) is 5. The molecule has 1 aliphatic heterocycles. The van der Waals surface area contributed by atoms with Gasteiger partial charge in [-0.25, -0.2) is 0 Å². The molecular formula is C17H30N6O4. The number of aliphatic imine (C=N–C) groups is 1. The molecular weight excluding hydrogens is 352 g/mol. The largest absolute Gasteiger partial charge is 0.480 e. The van der Waals surface area contributed by atoms with Gasteiger partial charge in [-0.1, -0.05) is 0 Å². The smallest absolute Gasteiger partial charge is 0.325 e. The van der Waals surface area contributed by atoms with Crippen LogP contribution in [0.5, 0.6) is 0 Å². The number of carbonyl (C=O) groups excluding carboxylic acids is 2. The zero-order valence-electron chi connectivity index (χ0n) is 15.8. The second-order valence-electron chi connectivity index (χ2n) is 7.25. The summed E-state index contributed by atoms with van der Waals surface area (Å²) in [7, 11) is 0. The average molecular weight is 382 g/mol. The van der Waals surface area contributed by atoms with Gasteiger partial charge in [0.1, 0.15) is 12.1 Å². The fraction of sp³-hybridized carbons (Fsp3) is 0.765. The highest BCUT2D eigenvalue weighted by Crippen LogP contribution is 2.20. The molecule has 10 nitrogen and oxygen atoms in total. The number of amides is 2. The molecule has 2 rings (SSSR count). The van der Waals surface area contributed by atoms with Crippen LogP contribution in [0, 0.1) is 5.92 Å². The van der Waals surface area contributed by atoms with E-state index >= 15 is 0 Å². The zero-order chi connectivity index (χ0) is 20.0. The molecule has 1 saturated heterocycles. The van der Waals surface area contributed by atoms with Crippen molar-refractivity contribution in [3.8, 4) is 0 Å². The number of nitrogens with two attached hydrogens (primary N) is 1. The van der Waals surface area contributed by atoms with Crippen LogP contribution in [0.4, 0.5) is 0 Å². The van der Waals surface area contributed by atoms with Crippen LogP contribution in [-0.4, -0.2) is 66.1 Å². The summed E-state index contributed by atoms with van der Waals surface area (Å²) in [4.78, 5) is 39.6. The number of rotatable bonds is 9. The van der Waals surface area contributed by atoms with E-state index in [0.717, 1.165) is 32.2 Å². The van der Waals surface area contributed by atoms with E-state index in [2.05, 4.69) is 26.3 Å². The summed E-state index contributed by atoms with van der Waals surface area (Å²) in [6.45, 7) is 4.15. The lowest BCUT2D eigenvalue weighted by Gasteiger charge is -2.22. The van der Waals surface area contributed by atoms with Gasteiger partial charge >= 0.3 is 5.97 Å². The van der Waals surface area contributed by atoms with Crippen LogP contribution in [0.15, 0.2) is 4.99 Å². The Hall–Kier alpha value is -2.36. The normalized spacial score (nSPS) is 24.7. The van der Waals surface area contributed by atoms with E-state index in [1.165, 1.54) is 13.8 Å². The van der Waals surface area contributed by atoms with Crippen LogP contribution >= 0.6 is 0 Å². The van der Waals surface area contributed by atoms with Gasteiger partial charge in [-0.05, 0) is 52.0 Å². The molecule has 27 heavy (non-hydrogen) atoms. The molecule has 10 heteroatoms. The minimum Gasteiger partial charge on any atom is -0.480 e. The maximum atomic E-state index is 12.5. The average Bonchev–Trinajstić information content (AvgIpc) is 3.28. The highest BCUT2D eigenvalue weighted by molar-refractivity contribution is 5.91. The predicted octanol–water partition coefficient (Wildman–Crippen LogP) is -1.48. The highest BCUT2D eigenvalue weighted by atomic mass is 16.4. The van der Waals surface area contributed by atoms with Gasteiger partial charge in [-0.2, -0.15) is 0 Å². The first-order valence-electron chi connectivity index (χ1n) is 9.41. The molecule has 4 atom stereocenters. The molecule has 7 N–H and O–H groups in total. The molecule has 0 radical (unpaired) electrons. The molecule has 0 spiro atoms. The van der Waals surface area contributed by atoms with E-state index in [0.29, 0.717) is 18.5 Å². The molecule has 0 unspecified atom stereocenters. The molecule has 2 fully saturated rings. The number of nitrogens with zero attached hydrogens (tertiary/aromatic N) is 1. The van der Waals surface area contributed by atoms with Crippen molar-refractivity contribution >= 4 is 23.7 Å². The summed E-state index contributed by atoms with van der Waals surface area (Å²) in [5.74, 6) is -1.37. The number of carboxylic acid groups (broad SMARTS) is 1. The fourth-order valence-corrected chi connectivity index (χ4v) is 2.98. The third-order valence-electron chi connectivity index (χ3n) is 4.83. The van der Waals surface area contributed by atoms with Gasteiger partial charge in [0.2, 0.25) is 11.8 Å². The number of guanidine groups is 1. The van der Waals surface area contributed by atoms with Crippen molar-refractivity contribution < 1.29 is 19.5 Å². The summed E-state index contributed by atoms with van der Waals surface area (Å²) < 4.78 is 0. The molecule has 0 aromatic rings. The van der Waals surface area contributed by atoms with Crippen molar-refractivity contribution in [2.24, 2.45) is 16.6 Å². The van der Waals surface area contributed by atoms with Crippen LogP contribution in [-0.2, 0) is 14.4 Å². The van der Waals surface area contributed by atoms with Gasteiger partial charge < -0.3 is 32.1 Å². The van der Waals surface area contributed by atoms with Crippen molar-refractivity contribution in [2.75, 3.05) is 13.1 Å². The molecule has 152 valence electrons. The van der Waals surface area contributed by atoms with Gasteiger partial charge in [0.25, 0.3) is 0 Å². The molecule has 1 saturated carbocycles. The number of nitrogens with one attached hydrogen (secondary N) is 4. The van der Waals surface area contributed by atoms with Gasteiger partial charge in [-0.15, -0.1) is 0 Å². The molecule has 1 heterocycles. The topological polar surface area (TPSA) is 158 Å². The van der Waals surface area contributed by atoms with E-state index < -0.39 is 30.0 Å². The first-order valence-corrected chi connectivity index (χ1v) is 9.41. The lowest BCUT2D eigenvalue weighted by molar-refractivity contribution is -0.141. The van der Waals surface area contributed by atoms with Crippen LogP contribution in [0.3, 0.4) is 0 Å². The Labute approximate surface area is 158 Å². The fourth-order valence-electron chi connectivity index (χ4n) is 2.98. The Morgan fingerprint density at radius 2 is 1.89 bits per heavy atom. The second kappa shape index (κ2) is 9.54. The van der Waals surface area contributed by atoms with Crippen molar-refractivity contribution in [1.29, 1.82) is 0 Å². The second-order valence-corrected chi connectivity index (χ2v) is 7.25. The van der Waals surface area contributed by atoms with E-state index in [9.17, 15) is 14.4 Å². The third kappa shape index (κ3) is 6.70. The van der Waals surface area contributed by atoms with Crippen molar-refractivity contribution in [1.82, 2.24) is 21.3 Å². The quantitative estimate of drug-likeness (QED) is 0.209. The molecule has 2 amide bonds. The van der Waals surface area contributed by atoms with Gasteiger partial charge in [0.15, 0.2) is 5.96 Å². The minimum absolute atomic E-state index is 0.107. The third-order valence-corrected chi connectivity index (χ3v) is 4.83. The van der Waals surface area contributed by atoms with Gasteiger partial charge in [0.05, 0.1) is 6.04 Å². The van der Waals surface area contributed by atoms with E-state index in [1.54, 1.807) is 0 Å². The summed E-state index contributed by atoms with van der Waals surface area (Å²) in [6.07, 6.45) is 3.82. The first-order chi connectivity index (χ1) is 12.8. The maximum Gasteiger partial charge on any atom is 0.325 e. The number of carboxylic acids is 1. The Kier molecular flexibility index (Phi) is 7.40. The Morgan fingerprint density at radius 3 is 2.52 bits per heavy atom. The summed E-state index contributed by atoms with van der Waals surface area (Å²) in [5.41, 5.74) is 5.81. The van der Waals surface area contributed by atoms with Crippen LogP contribution in [0.1, 0.15) is 39.5 Å². The first kappa shape index (κ1) is 20.9. The standard InChI is InChI=1S/C17H30N6O4/c1-9(14(24)22-10(2)16(26)27)21-15(25)13-11(5-7-19-13)6-8-20-17(18)23-12-3-4-12/h9-13,19H,3-8H2,1-2H3,(H,21,25)(H,22,24)(H,26,27)(H3,18,20,23)/t9-,10-,11+,13-/m0/s1. The summed E-state index contributed by atoms with van der Waals surface area (Å²) in [6, 6.07) is -1.78. The lowest BCUT2D eigenvalue weighted by atomic mass is 9.96. The number of hydrogen-bond donors (Lipinski definition) is 6. The van der Waals surface area contributed by atoms with Crippen molar-refractivity contribution in [3.63, 3.8) is 0 Å². The van der Waals surface area contributed by atoms with E-state index in [-0.39, 0.29) is 11.8 Å². The Bertz CT molecular complexity index is 592. The van der Waals surface area contributed by atoms with E-state index in [4.69, 9.17) is 10.8 Å².